The highest BCUT2D eigenvalue weighted by Gasteiger charge is 2.12. The van der Waals surface area contributed by atoms with E-state index in [0.29, 0.717) is 19.5 Å². The molecule has 25 heavy (non-hydrogen) atoms. The van der Waals surface area contributed by atoms with Crippen LogP contribution in [-0.4, -0.2) is 23.1 Å². The Hall–Kier alpha value is -1.90. The maximum atomic E-state index is 11.7. The Balaban J connectivity index is 1.89. The first-order chi connectivity index (χ1) is 11.9. The van der Waals surface area contributed by atoms with Crippen molar-refractivity contribution in [1.29, 1.82) is 0 Å². The van der Waals surface area contributed by atoms with Gasteiger partial charge in [-0.3, -0.25) is 9.59 Å². The highest BCUT2D eigenvalue weighted by molar-refractivity contribution is 9.11. The number of rotatable bonds is 4. The molecule has 2 aromatic rings. The molecule has 0 radical (unpaired) electrons. The van der Waals surface area contributed by atoms with Crippen LogP contribution in [0.3, 0.4) is 0 Å². The fourth-order valence-electron chi connectivity index (χ4n) is 1.76. The van der Waals surface area contributed by atoms with Crippen LogP contribution >= 0.6 is 43.5 Å². The third-order valence-corrected chi connectivity index (χ3v) is 4.31. The van der Waals surface area contributed by atoms with Gasteiger partial charge in [0.1, 0.15) is 5.75 Å². The second-order valence-electron chi connectivity index (χ2n) is 4.83. The summed E-state index contributed by atoms with van der Waals surface area (Å²) in [4.78, 5) is 23.4. The number of hydrogen-bond acceptors (Lipinski definition) is 4. The van der Waals surface area contributed by atoms with E-state index in [1.54, 1.807) is 36.4 Å². The Labute approximate surface area is 165 Å². The van der Waals surface area contributed by atoms with Crippen LogP contribution in [0.15, 0.2) is 50.4 Å². The molecule has 2 rings (SSSR count). The molecule has 0 heterocycles. The van der Waals surface area contributed by atoms with E-state index in [4.69, 9.17) is 11.6 Å². The number of carbonyl (C=O) groups excluding carboxylic acids is 2. The van der Waals surface area contributed by atoms with Gasteiger partial charge < -0.3 is 10.4 Å². The van der Waals surface area contributed by atoms with Gasteiger partial charge in [-0.25, -0.2) is 5.43 Å². The SMILES string of the molecule is O=C(NCc1ccc(Cl)cc1)C(=O)NN=Cc1cc(Br)cc(Br)c1O. The average Bonchev–Trinajstić information content (AvgIpc) is 2.58. The van der Waals surface area contributed by atoms with Crippen molar-refractivity contribution in [1.82, 2.24) is 10.7 Å². The van der Waals surface area contributed by atoms with Crippen LogP contribution in [0.1, 0.15) is 11.1 Å². The Kier molecular flexibility index (Phi) is 6.98. The van der Waals surface area contributed by atoms with Crippen molar-refractivity contribution in [3.05, 3.63) is 61.5 Å². The quantitative estimate of drug-likeness (QED) is 0.350. The van der Waals surface area contributed by atoms with Gasteiger partial charge in [-0.05, 0) is 45.8 Å². The molecule has 0 aliphatic heterocycles. The third kappa shape index (κ3) is 5.84. The molecule has 3 N–H and O–H groups in total. The number of phenols is 1. The lowest BCUT2D eigenvalue weighted by Gasteiger charge is -2.05. The van der Waals surface area contributed by atoms with E-state index in [9.17, 15) is 14.7 Å². The van der Waals surface area contributed by atoms with Crippen LogP contribution in [0.4, 0.5) is 0 Å². The number of halogens is 3. The highest BCUT2D eigenvalue weighted by Crippen LogP contribution is 2.30. The molecule has 2 amide bonds. The number of hydrogen-bond donors (Lipinski definition) is 3. The lowest BCUT2D eigenvalue weighted by Crippen LogP contribution is -2.37. The maximum Gasteiger partial charge on any atom is 0.329 e. The Morgan fingerprint density at radius 1 is 1.16 bits per heavy atom. The molecule has 0 fully saturated rings. The number of aromatic hydroxyl groups is 1. The van der Waals surface area contributed by atoms with Gasteiger partial charge in [0.2, 0.25) is 0 Å². The third-order valence-electron chi connectivity index (χ3n) is 3.00. The average molecular weight is 490 g/mol. The summed E-state index contributed by atoms with van der Waals surface area (Å²) < 4.78 is 1.18. The molecule has 130 valence electrons. The molecule has 0 aliphatic carbocycles. The lowest BCUT2D eigenvalue weighted by molar-refractivity contribution is -0.139. The van der Waals surface area contributed by atoms with E-state index >= 15 is 0 Å². The zero-order chi connectivity index (χ0) is 18.4. The minimum absolute atomic E-state index is 0.0339. The van der Waals surface area contributed by atoms with Gasteiger partial charge in [-0.15, -0.1) is 0 Å². The number of phenolic OH excluding ortho intramolecular Hbond substituents is 1. The van der Waals surface area contributed by atoms with E-state index in [-0.39, 0.29) is 12.3 Å². The minimum Gasteiger partial charge on any atom is -0.506 e. The van der Waals surface area contributed by atoms with Gasteiger partial charge in [0, 0.05) is 21.6 Å². The van der Waals surface area contributed by atoms with Gasteiger partial charge >= 0.3 is 11.8 Å². The predicted octanol–water partition coefficient (Wildman–Crippen LogP) is 3.34. The zero-order valence-electron chi connectivity index (χ0n) is 12.6. The van der Waals surface area contributed by atoms with Crippen LogP contribution in [0.2, 0.25) is 5.02 Å². The van der Waals surface area contributed by atoms with Crippen LogP contribution in [0.25, 0.3) is 0 Å². The number of carbonyl (C=O) groups is 2. The van der Waals surface area contributed by atoms with Gasteiger partial charge in [0.05, 0.1) is 10.7 Å². The van der Waals surface area contributed by atoms with E-state index in [1.807, 2.05) is 0 Å². The first kappa shape index (κ1) is 19.4. The molecule has 6 nitrogen and oxygen atoms in total. The Bertz CT molecular complexity index is 826. The molecular formula is C16H12Br2ClN3O3. The molecule has 2 aromatic carbocycles. The summed E-state index contributed by atoms with van der Waals surface area (Å²) in [6.07, 6.45) is 1.23. The second-order valence-corrected chi connectivity index (χ2v) is 7.04. The summed E-state index contributed by atoms with van der Waals surface area (Å²) >= 11 is 12.2. The topological polar surface area (TPSA) is 90.8 Å². The number of hydrazone groups is 1. The summed E-state index contributed by atoms with van der Waals surface area (Å²) in [5.41, 5.74) is 3.27. The molecule has 0 aliphatic rings. The maximum absolute atomic E-state index is 11.7. The summed E-state index contributed by atoms with van der Waals surface area (Å²) in [5.74, 6) is -1.78. The largest absolute Gasteiger partial charge is 0.506 e. The molecule has 0 unspecified atom stereocenters. The fourth-order valence-corrected chi connectivity index (χ4v) is 3.14. The van der Waals surface area contributed by atoms with E-state index in [1.165, 1.54) is 6.21 Å². The van der Waals surface area contributed by atoms with E-state index in [2.05, 4.69) is 47.7 Å². The molecular weight excluding hydrogens is 477 g/mol. The smallest absolute Gasteiger partial charge is 0.329 e. The fraction of sp³-hybridized carbons (Fsp3) is 0.0625. The van der Waals surface area contributed by atoms with Crippen molar-refractivity contribution < 1.29 is 14.7 Å². The second kappa shape index (κ2) is 8.98. The van der Waals surface area contributed by atoms with Crippen molar-refractivity contribution in [3.8, 4) is 5.75 Å². The highest BCUT2D eigenvalue weighted by atomic mass is 79.9. The Morgan fingerprint density at radius 2 is 1.84 bits per heavy atom. The minimum atomic E-state index is -0.918. The molecule has 0 saturated heterocycles. The predicted molar refractivity (Wildman–Crippen MR) is 103 cm³/mol. The van der Waals surface area contributed by atoms with Crippen molar-refractivity contribution in [2.45, 2.75) is 6.54 Å². The Morgan fingerprint density at radius 3 is 2.52 bits per heavy atom. The van der Waals surface area contributed by atoms with Gasteiger partial charge in [0.25, 0.3) is 0 Å². The molecule has 0 saturated carbocycles. The first-order valence-corrected chi connectivity index (χ1v) is 8.87. The van der Waals surface area contributed by atoms with Gasteiger partial charge in [0.15, 0.2) is 0 Å². The number of nitrogens with one attached hydrogen (secondary N) is 2. The summed E-state index contributed by atoms with van der Waals surface area (Å²) in [6, 6.07) is 10.1. The monoisotopic (exact) mass is 487 g/mol. The summed E-state index contributed by atoms with van der Waals surface area (Å²) in [7, 11) is 0. The van der Waals surface area contributed by atoms with Crippen LogP contribution in [0, 0.1) is 0 Å². The number of nitrogens with zero attached hydrogens (tertiary/aromatic N) is 1. The zero-order valence-corrected chi connectivity index (χ0v) is 16.5. The summed E-state index contributed by atoms with van der Waals surface area (Å²) in [6.45, 7) is 0.187. The van der Waals surface area contributed by atoms with Crippen LogP contribution < -0.4 is 10.7 Å². The van der Waals surface area contributed by atoms with Crippen molar-refractivity contribution in [2.24, 2.45) is 5.10 Å². The molecule has 0 aromatic heterocycles. The molecule has 0 spiro atoms. The van der Waals surface area contributed by atoms with E-state index in [0.717, 1.165) is 5.56 Å². The van der Waals surface area contributed by atoms with Gasteiger partial charge in [-0.2, -0.15) is 5.10 Å². The van der Waals surface area contributed by atoms with Crippen LogP contribution in [0.5, 0.6) is 5.75 Å². The van der Waals surface area contributed by atoms with E-state index < -0.39 is 11.8 Å². The summed E-state index contributed by atoms with van der Waals surface area (Å²) in [5, 5.41) is 16.6. The molecule has 9 heteroatoms. The van der Waals surface area contributed by atoms with Crippen molar-refractivity contribution in [3.63, 3.8) is 0 Å². The van der Waals surface area contributed by atoms with Crippen molar-refractivity contribution >= 4 is 61.5 Å². The standard InChI is InChI=1S/C16H12Br2ClN3O3/c17-11-5-10(14(23)13(18)6-11)8-21-22-16(25)15(24)20-7-9-1-3-12(19)4-2-9/h1-6,8,23H,7H2,(H,20,24)(H,22,25). The normalized spacial score (nSPS) is 10.7. The number of benzene rings is 2. The van der Waals surface area contributed by atoms with Crippen molar-refractivity contribution in [2.75, 3.05) is 0 Å². The lowest BCUT2D eigenvalue weighted by atomic mass is 10.2. The first-order valence-electron chi connectivity index (χ1n) is 6.90. The van der Waals surface area contributed by atoms with Gasteiger partial charge in [-0.1, -0.05) is 39.7 Å². The molecule has 0 bridgehead atoms. The van der Waals surface area contributed by atoms with Crippen LogP contribution in [-0.2, 0) is 16.1 Å². The molecule has 0 atom stereocenters. The number of amides is 2.